The Morgan fingerprint density at radius 2 is 1.87 bits per heavy atom. The third-order valence-electron chi connectivity index (χ3n) is 4.59. The fourth-order valence-corrected chi connectivity index (χ4v) is 3.24. The number of rotatable bonds is 6. The first-order valence-corrected chi connectivity index (χ1v) is 9.46. The number of nitrogens with zero attached hydrogens (tertiary/aromatic N) is 4. The van der Waals surface area contributed by atoms with Crippen molar-refractivity contribution in [2.24, 2.45) is 0 Å². The molecule has 0 saturated heterocycles. The van der Waals surface area contributed by atoms with E-state index in [9.17, 15) is 9.59 Å². The third kappa shape index (κ3) is 3.67. The van der Waals surface area contributed by atoms with Gasteiger partial charge < -0.3 is 9.84 Å². The van der Waals surface area contributed by atoms with Crippen LogP contribution < -0.4 is 10.3 Å². The molecule has 0 aliphatic heterocycles. The summed E-state index contributed by atoms with van der Waals surface area (Å²) < 4.78 is 8.47. The topological polar surface area (TPSA) is 98.7 Å². The molecule has 30 heavy (non-hydrogen) atoms. The van der Waals surface area contributed by atoms with Crippen LogP contribution in [0.2, 0.25) is 0 Å². The predicted molar refractivity (Wildman–Crippen MR) is 112 cm³/mol. The highest BCUT2D eigenvalue weighted by Crippen LogP contribution is 2.35. The second kappa shape index (κ2) is 7.82. The van der Waals surface area contributed by atoms with Gasteiger partial charge in [0.05, 0.1) is 22.8 Å². The molecule has 8 heteroatoms. The van der Waals surface area contributed by atoms with E-state index >= 15 is 0 Å². The molecular weight excluding hydrogens is 384 g/mol. The van der Waals surface area contributed by atoms with E-state index in [1.54, 1.807) is 28.9 Å². The molecule has 4 aromatic rings. The van der Waals surface area contributed by atoms with Crippen LogP contribution in [0.4, 0.5) is 0 Å². The number of ether oxygens (including phenoxy) is 1. The molecule has 1 N–H and O–H groups in total. The summed E-state index contributed by atoms with van der Waals surface area (Å²) in [6, 6.07) is 16.1. The number of carbonyl (C=O) groups is 1. The van der Waals surface area contributed by atoms with Gasteiger partial charge in [0.1, 0.15) is 11.4 Å². The normalized spacial score (nSPS) is 11.2. The summed E-state index contributed by atoms with van der Waals surface area (Å²) in [5, 5.41) is 18.2. The molecule has 0 aliphatic carbocycles. The van der Waals surface area contributed by atoms with Crippen LogP contribution in [0.1, 0.15) is 19.9 Å². The van der Waals surface area contributed by atoms with Crippen LogP contribution in [0.5, 0.6) is 5.75 Å². The van der Waals surface area contributed by atoms with E-state index in [1.165, 1.54) is 10.7 Å². The molecule has 0 aliphatic rings. The van der Waals surface area contributed by atoms with E-state index in [2.05, 4.69) is 5.10 Å². The van der Waals surface area contributed by atoms with Gasteiger partial charge in [-0.15, -0.1) is 0 Å². The number of carboxylic acid groups (broad SMARTS) is 1. The monoisotopic (exact) mass is 404 g/mol. The first-order valence-electron chi connectivity index (χ1n) is 9.46. The summed E-state index contributed by atoms with van der Waals surface area (Å²) in [5.74, 6) is -0.651. The lowest BCUT2D eigenvalue weighted by Crippen LogP contribution is -2.23. The maximum Gasteiger partial charge on any atom is 0.341 e. The predicted octanol–water partition coefficient (Wildman–Crippen LogP) is 3.27. The largest absolute Gasteiger partial charge is 0.482 e. The van der Waals surface area contributed by atoms with Crippen molar-refractivity contribution in [1.29, 1.82) is 0 Å². The Labute approximate surface area is 172 Å². The minimum atomic E-state index is -1.06. The lowest BCUT2D eigenvalue weighted by atomic mass is 10.0. The average molecular weight is 404 g/mol. The van der Waals surface area contributed by atoms with Crippen LogP contribution in [0.25, 0.3) is 28.0 Å². The maximum atomic E-state index is 12.2. The first-order chi connectivity index (χ1) is 14.4. The Morgan fingerprint density at radius 3 is 2.57 bits per heavy atom. The zero-order valence-corrected chi connectivity index (χ0v) is 16.5. The van der Waals surface area contributed by atoms with Crippen molar-refractivity contribution in [3.8, 4) is 28.3 Å². The van der Waals surface area contributed by atoms with Gasteiger partial charge in [0.15, 0.2) is 6.61 Å². The van der Waals surface area contributed by atoms with Crippen LogP contribution in [-0.2, 0) is 4.79 Å². The second-order valence-corrected chi connectivity index (χ2v) is 7.06. The summed E-state index contributed by atoms with van der Waals surface area (Å²) in [6.45, 7) is 3.34. The molecule has 3 aromatic heterocycles. The molecule has 0 spiro atoms. The van der Waals surface area contributed by atoms with Gasteiger partial charge in [0.2, 0.25) is 0 Å². The fourth-order valence-electron chi connectivity index (χ4n) is 3.24. The first kappa shape index (κ1) is 19.4. The maximum absolute atomic E-state index is 12.2. The van der Waals surface area contributed by atoms with E-state index in [0.717, 1.165) is 11.1 Å². The molecule has 4 rings (SSSR count). The average Bonchev–Trinajstić information content (AvgIpc) is 3.12. The number of fused-ring (bicyclic) bond motifs is 1. The number of hydrogen-bond donors (Lipinski definition) is 1. The van der Waals surface area contributed by atoms with Gasteiger partial charge in [-0.2, -0.15) is 10.2 Å². The lowest BCUT2D eigenvalue weighted by molar-refractivity contribution is -0.139. The third-order valence-corrected chi connectivity index (χ3v) is 4.59. The molecule has 0 atom stereocenters. The van der Waals surface area contributed by atoms with Crippen LogP contribution in [0.3, 0.4) is 0 Å². The minimum absolute atomic E-state index is 0.103. The molecular formula is C22H20N4O4. The summed E-state index contributed by atoms with van der Waals surface area (Å²) >= 11 is 0. The highest BCUT2D eigenvalue weighted by Gasteiger charge is 2.19. The SMILES string of the molecule is CC(C)n1nc(-c2c(-c3ccccc3)nn3ccc(OCC(=O)O)cc23)ccc1=O. The summed E-state index contributed by atoms with van der Waals surface area (Å²) in [5.41, 5.74) is 3.43. The van der Waals surface area contributed by atoms with E-state index in [-0.39, 0.29) is 11.6 Å². The van der Waals surface area contributed by atoms with Gasteiger partial charge in [0.25, 0.3) is 5.56 Å². The van der Waals surface area contributed by atoms with Crippen molar-refractivity contribution in [3.05, 3.63) is 71.1 Å². The molecule has 1 aromatic carbocycles. The van der Waals surface area contributed by atoms with Gasteiger partial charge in [0, 0.05) is 23.9 Å². The van der Waals surface area contributed by atoms with E-state index in [4.69, 9.17) is 14.9 Å². The molecule has 0 unspecified atom stereocenters. The van der Waals surface area contributed by atoms with Gasteiger partial charge >= 0.3 is 5.97 Å². The van der Waals surface area contributed by atoms with Crippen LogP contribution in [0, 0.1) is 0 Å². The highest BCUT2D eigenvalue weighted by molar-refractivity contribution is 5.91. The Balaban J connectivity index is 1.96. The molecule has 0 bridgehead atoms. The van der Waals surface area contributed by atoms with Gasteiger partial charge in [-0.05, 0) is 26.0 Å². The number of aliphatic carboxylic acids is 1. The lowest BCUT2D eigenvalue weighted by Gasteiger charge is -2.11. The van der Waals surface area contributed by atoms with Crippen LogP contribution in [-0.4, -0.2) is 37.1 Å². The Morgan fingerprint density at radius 1 is 1.10 bits per heavy atom. The molecule has 8 nitrogen and oxygen atoms in total. The van der Waals surface area contributed by atoms with Crippen molar-refractivity contribution in [3.63, 3.8) is 0 Å². The molecule has 3 heterocycles. The van der Waals surface area contributed by atoms with E-state index in [1.807, 2.05) is 44.2 Å². The standard InChI is InChI=1S/C22H20N4O4/c1-14(2)26-19(27)9-8-17(23-26)21-18-12-16(30-13-20(28)29)10-11-25(18)24-22(21)15-6-4-3-5-7-15/h3-12,14H,13H2,1-2H3,(H,28,29). The number of carboxylic acids is 1. The fraction of sp³-hybridized carbons (Fsp3) is 0.182. The summed E-state index contributed by atoms with van der Waals surface area (Å²) in [7, 11) is 0. The smallest absolute Gasteiger partial charge is 0.341 e. The molecule has 0 saturated carbocycles. The Bertz CT molecular complexity index is 1280. The van der Waals surface area contributed by atoms with Crippen molar-refractivity contribution in [1.82, 2.24) is 19.4 Å². The zero-order valence-electron chi connectivity index (χ0n) is 16.5. The van der Waals surface area contributed by atoms with Crippen molar-refractivity contribution < 1.29 is 14.6 Å². The Hall–Kier alpha value is -3.94. The van der Waals surface area contributed by atoms with Gasteiger partial charge in [-0.25, -0.2) is 14.0 Å². The van der Waals surface area contributed by atoms with Crippen molar-refractivity contribution in [2.75, 3.05) is 6.61 Å². The number of pyridine rings is 1. The zero-order chi connectivity index (χ0) is 21.3. The molecule has 0 fully saturated rings. The minimum Gasteiger partial charge on any atom is -0.482 e. The van der Waals surface area contributed by atoms with Gasteiger partial charge in [-0.3, -0.25) is 4.79 Å². The highest BCUT2D eigenvalue weighted by atomic mass is 16.5. The van der Waals surface area contributed by atoms with Crippen LogP contribution >= 0.6 is 0 Å². The van der Waals surface area contributed by atoms with Crippen molar-refractivity contribution in [2.45, 2.75) is 19.9 Å². The van der Waals surface area contributed by atoms with E-state index < -0.39 is 12.6 Å². The molecule has 0 radical (unpaired) electrons. The van der Waals surface area contributed by atoms with E-state index in [0.29, 0.717) is 22.7 Å². The molecule has 152 valence electrons. The van der Waals surface area contributed by atoms with Crippen LogP contribution in [0.15, 0.2) is 65.6 Å². The second-order valence-electron chi connectivity index (χ2n) is 7.06. The number of aromatic nitrogens is 4. The van der Waals surface area contributed by atoms with Crippen molar-refractivity contribution >= 4 is 11.5 Å². The van der Waals surface area contributed by atoms with Gasteiger partial charge in [-0.1, -0.05) is 30.3 Å². The number of hydrogen-bond acceptors (Lipinski definition) is 5. The summed E-state index contributed by atoms with van der Waals surface area (Å²) in [4.78, 5) is 23.1. The molecule has 0 amide bonds. The summed E-state index contributed by atoms with van der Waals surface area (Å²) in [6.07, 6.45) is 1.71. The quantitative estimate of drug-likeness (QED) is 0.530. The Kier molecular flexibility index (Phi) is 5.05. The number of benzene rings is 1.